The summed E-state index contributed by atoms with van der Waals surface area (Å²) < 4.78 is 5.63. The number of aryl methyl sites for hydroxylation is 1. The maximum absolute atomic E-state index is 13.0. The number of carbonyl (C=O) groups is 1. The molecule has 1 amide bonds. The Hall–Kier alpha value is -3.21. The summed E-state index contributed by atoms with van der Waals surface area (Å²) in [4.78, 5) is 22.1. The van der Waals surface area contributed by atoms with Gasteiger partial charge in [-0.25, -0.2) is 4.98 Å². The minimum atomic E-state index is -0.158. The number of hydrogen-bond donors (Lipinski definition) is 1. The van der Waals surface area contributed by atoms with Crippen LogP contribution in [0.4, 0.5) is 5.69 Å². The number of benzene rings is 2. The van der Waals surface area contributed by atoms with Crippen molar-refractivity contribution in [2.24, 2.45) is 0 Å². The normalized spacial score (nSPS) is 11.4. The zero-order chi connectivity index (χ0) is 19.0. The highest BCUT2D eigenvalue weighted by atomic mass is 16.3. The van der Waals surface area contributed by atoms with E-state index in [0.29, 0.717) is 17.1 Å². The molecule has 0 aliphatic rings. The van der Waals surface area contributed by atoms with Crippen LogP contribution in [0.25, 0.3) is 22.0 Å². The van der Waals surface area contributed by atoms with Gasteiger partial charge in [0, 0.05) is 23.2 Å². The monoisotopic (exact) mass is 359 g/mol. The topological polar surface area (TPSA) is 68.0 Å². The number of fused-ring (bicyclic) bond motifs is 2. The highest BCUT2D eigenvalue weighted by Crippen LogP contribution is 2.25. The Balaban J connectivity index is 1.72. The highest BCUT2D eigenvalue weighted by molar-refractivity contribution is 6.12. The minimum absolute atomic E-state index is 0.158. The molecular weight excluding hydrogens is 338 g/mol. The van der Waals surface area contributed by atoms with Gasteiger partial charge in [0.15, 0.2) is 11.5 Å². The third-order valence-electron chi connectivity index (χ3n) is 4.56. The van der Waals surface area contributed by atoms with Crippen LogP contribution in [0.15, 0.2) is 52.9 Å². The molecule has 2 aromatic carbocycles. The lowest BCUT2D eigenvalue weighted by molar-refractivity contribution is 0.102. The standard InChI is InChI=1S/C22H21N3O2/c1-4-21-25-19-11-14(9-10-20(19)27-21)23-22(26)16-12-18(13(2)3)24-17-8-6-5-7-15(16)17/h5-13H,4H2,1-3H3,(H,23,26). The Morgan fingerprint density at radius 2 is 1.89 bits per heavy atom. The van der Waals surface area contributed by atoms with Gasteiger partial charge in [-0.2, -0.15) is 0 Å². The van der Waals surface area contributed by atoms with Gasteiger partial charge in [0.05, 0.1) is 11.1 Å². The summed E-state index contributed by atoms with van der Waals surface area (Å²) in [5.41, 5.74) is 4.51. The Labute approximate surface area is 157 Å². The summed E-state index contributed by atoms with van der Waals surface area (Å²) in [6, 6.07) is 15.1. The van der Waals surface area contributed by atoms with Crippen LogP contribution in [-0.4, -0.2) is 15.9 Å². The molecule has 0 fully saturated rings. The zero-order valence-corrected chi connectivity index (χ0v) is 15.6. The minimum Gasteiger partial charge on any atom is -0.441 e. The van der Waals surface area contributed by atoms with E-state index in [4.69, 9.17) is 4.42 Å². The SMILES string of the molecule is CCc1nc2cc(NC(=O)c3cc(C(C)C)nc4ccccc34)ccc2o1. The van der Waals surface area contributed by atoms with Crippen molar-refractivity contribution in [2.45, 2.75) is 33.1 Å². The third kappa shape index (κ3) is 3.28. The van der Waals surface area contributed by atoms with Crippen molar-refractivity contribution in [3.63, 3.8) is 0 Å². The van der Waals surface area contributed by atoms with E-state index in [2.05, 4.69) is 29.1 Å². The van der Waals surface area contributed by atoms with Crippen LogP contribution in [0.3, 0.4) is 0 Å². The molecule has 0 saturated carbocycles. The number of carbonyl (C=O) groups excluding carboxylic acids is 1. The number of nitrogens with one attached hydrogen (secondary N) is 1. The molecule has 4 aromatic rings. The first-order chi connectivity index (χ1) is 13.0. The van der Waals surface area contributed by atoms with Crippen LogP contribution >= 0.6 is 0 Å². The molecule has 2 aromatic heterocycles. The molecule has 27 heavy (non-hydrogen) atoms. The van der Waals surface area contributed by atoms with Crippen molar-refractivity contribution in [3.05, 3.63) is 65.7 Å². The summed E-state index contributed by atoms with van der Waals surface area (Å²) >= 11 is 0. The lowest BCUT2D eigenvalue weighted by Crippen LogP contribution is -2.13. The number of anilines is 1. The molecule has 0 atom stereocenters. The first-order valence-electron chi connectivity index (χ1n) is 9.15. The van der Waals surface area contributed by atoms with Crippen molar-refractivity contribution in [1.82, 2.24) is 9.97 Å². The number of rotatable bonds is 4. The summed E-state index contributed by atoms with van der Waals surface area (Å²) in [7, 11) is 0. The van der Waals surface area contributed by atoms with Crippen molar-refractivity contribution in [1.29, 1.82) is 0 Å². The van der Waals surface area contributed by atoms with Crippen molar-refractivity contribution >= 4 is 33.6 Å². The fourth-order valence-electron chi connectivity index (χ4n) is 3.08. The van der Waals surface area contributed by atoms with Crippen LogP contribution in [-0.2, 0) is 6.42 Å². The molecule has 0 unspecified atom stereocenters. The first-order valence-corrected chi connectivity index (χ1v) is 9.15. The van der Waals surface area contributed by atoms with Gasteiger partial charge in [-0.3, -0.25) is 9.78 Å². The second kappa shape index (κ2) is 6.83. The van der Waals surface area contributed by atoms with E-state index in [9.17, 15) is 4.79 Å². The smallest absolute Gasteiger partial charge is 0.256 e. The molecule has 5 heteroatoms. The molecule has 0 saturated heterocycles. The number of para-hydroxylation sites is 1. The van der Waals surface area contributed by atoms with Crippen LogP contribution in [0.2, 0.25) is 0 Å². The number of oxazole rings is 1. The molecule has 0 spiro atoms. The van der Waals surface area contributed by atoms with E-state index in [1.54, 1.807) is 0 Å². The van der Waals surface area contributed by atoms with Crippen molar-refractivity contribution < 1.29 is 9.21 Å². The van der Waals surface area contributed by atoms with Crippen molar-refractivity contribution in [2.75, 3.05) is 5.32 Å². The Bertz CT molecular complexity index is 1140. The van der Waals surface area contributed by atoms with Crippen LogP contribution < -0.4 is 5.32 Å². The molecule has 1 N–H and O–H groups in total. The Morgan fingerprint density at radius 1 is 1.07 bits per heavy atom. The highest BCUT2D eigenvalue weighted by Gasteiger charge is 2.15. The molecule has 0 radical (unpaired) electrons. The lowest BCUT2D eigenvalue weighted by atomic mass is 10.0. The Kier molecular flexibility index (Phi) is 4.36. The van der Waals surface area contributed by atoms with Gasteiger partial charge in [-0.05, 0) is 36.2 Å². The van der Waals surface area contributed by atoms with E-state index in [1.165, 1.54) is 0 Å². The van der Waals surface area contributed by atoms with E-state index in [1.807, 2.05) is 55.5 Å². The maximum atomic E-state index is 13.0. The Morgan fingerprint density at radius 3 is 2.67 bits per heavy atom. The number of aromatic nitrogens is 2. The van der Waals surface area contributed by atoms with E-state index < -0.39 is 0 Å². The molecule has 4 rings (SSSR count). The third-order valence-corrected chi connectivity index (χ3v) is 4.56. The first kappa shape index (κ1) is 17.2. The van der Waals surface area contributed by atoms with Gasteiger partial charge in [0.25, 0.3) is 5.91 Å². The van der Waals surface area contributed by atoms with Gasteiger partial charge in [-0.1, -0.05) is 39.0 Å². The predicted octanol–water partition coefficient (Wildman–Crippen LogP) is 5.31. The fraction of sp³-hybridized carbons (Fsp3) is 0.227. The average Bonchev–Trinajstić information content (AvgIpc) is 3.09. The molecule has 0 bridgehead atoms. The maximum Gasteiger partial charge on any atom is 0.256 e. The summed E-state index contributed by atoms with van der Waals surface area (Å²) in [6.07, 6.45) is 0.733. The molecule has 136 valence electrons. The lowest BCUT2D eigenvalue weighted by Gasteiger charge is -2.12. The second-order valence-corrected chi connectivity index (χ2v) is 6.86. The second-order valence-electron chi connectivity index (χ2n) is 6.86. The van der Waals surface area contributed by atoms with E-state index in [-0.39, 0.29) is 11.8 Å². The quantitative estimate of drug-likeness (QED) is 0.536. The molecule has 0 aliphatic heterocycles. The molecule has 0 aliphatic carbocycles. The number of pyridine rings is 1. The van der Waals surface area contributed by atoms with Crippen molar-refractivity contribution in [3.8, 4) is 0 Å². The molecule has 2 heterocycles. The average molecular weight is 359 g/mol. The van der Waals surface area contributed by atoms with Crippen LogP contribution in [0, 0.1) is 0 Å². The van der Waals surface area contributed by atoms with E-state index in [0.717, 1.165) is 34.1 Å². The van der Waals surface area contributed by atoms with E-state index >= 15 is 0 Å². The number of amides is 1. The largest absolute Gasteiger partial charge is 0.441 e. The molecule has 5 nitrogen and oxygen atoms in total. The predicted molar refractivity (Wildman–Crippen MR) is 107 cm³/mol. The van der Waals surface area contributed by atoms with Gasteiger partial charge >= 0.3 is 0 Å². The van der Waals surface area contributed by atoms with Crippen LogP contribution in [0.1, 0.15) is 48.6 Å². The number of hydrogen-bond acceptors (Lipinski definition) is 4. The van der Waals surface area contributed by atoms with Gasteiger partial charge in [-0.15, -0.1) is 0 Å². The summed E-state index contributed by atoms with van der Waals surface area (Å²) in [5.74, 6) is 0.768. The molecular formula is C22H21N3O2. The number of nitrogens with zero attached hydrogens (tertiary/aromatic N) is 2. The summed E-state index contributed by atoms with van der Waals surface area (Å²) in [5, 5.41) is 3.83. The van der Waals surface area contributed by atoms with Gasteiger partial charge < -0.3 is 9.73 Å². The fourth-order valence-corrected chi connectivity index (χ4v) is 3.08. The van der Waals surface area contributed by atoms with Gasteiger partial charge in [0.1, 0.15) is 5.52 Å². The summed E-state index contributed by atoms with van der Waals surface area (Å²) in [6.45, 7) is 6.14. The van der Waals surface area contributed by atoms with Crippen LogP contribution in [0.5, 0.6) is 0 Å². The van der Waals surface area contributed by atoms with Gasteiger partial charge in [0.2, 0.25) is 0 Å². The zero-order valence-electron chi connectivity index (χ0n) is 15.6.